The number of carbonyl (C=O) groups excluding carboxylic acids is 1. The lowest BCUT2D eigenvalue weighted by Gasteiger charge is -2.32. The lowest BCUT2D eigenvalue weighted by Crippen LogP contribution is -2.34. The van der Waals surface area contributed by atoms with Gasteiger partial charge in [-0.15, -0.1) is 0 Å². The van der Waals surface area contributed by atoms with E-state index in [9.17, 15) is 9.18 Å². The van der Waals surface area contributed by atoms with Crippen LogP contribution in [0.2, 0.25) is 0 Å². The number of nitrogens with zero attached hydrogens (tertiary/aromatic N) is 2. The number of halogens is 1. The van der Waals surface area contributed by atoms with Crippen LogP contribution in [0.15, 0.2) is 54.6 Å². The average Bonchev–Trinajstić information content (AvgIpc) is 2.73. The number of piperidine rings is 1. The minimum Gasteiger partial charge on any atom is -0.481 e. The van der Waals surface area contributed by atoms with Crippen molar-refractivity contribution in [2.75, 3.05) is 29.9 Å². The first-order valence-corrected chi connectivity index (χ1v) is 9.91. The molecule has 3 aromatic rings. The van der Waals surface area contributed by atoms with Crippen LogP contribution in [0.25, 0.3) is 10.9 Å². The van der Waals surface area contributed by atoms with Crippen molar-refractivity contribution >= 4 is 28.3 Å². The summed E-state index contributed by atoms with van der Waals surface area (Å²) in [5.74, 6) is 1.51. The van der Waals surface area contributed by atoms with Crippen LogP contribution in [0.1, 0.15) is 19.8 Å². The SMILES string of the molecule is CC1CCCN(c2ccc3cccc(OCC(=O)Nc4ccc(F)cc4)c3n2)C1. The predicted molar refractivity (Wildman–Crippen MR) is 113 cm³/mol. The minimum absolute atomic E-state index is 0.150. The molecule has 0 saturated carbocycles. The normalized spacial score (nSPS) is 16.6. The number of amides is 1. The molecule has 1 saturated heterocycles. The fourth-order valence-electron chi connectivity index (χ4n) is 3.67. The van der Waals surface area contributed by atoms with Gasteiger partial charge in [0.2, 0.25) is 0 Å². The number of anilines is 2. The average molecular weight is 393 g/mol. The topological polar surface area (TPSA) is 54.5 Å². The molecule has 150 valence electrons. The zero-order valence-corrected chi connectivity index (χ0v) is 16.4. The molecule has 5 nitrogen and oxygen atoms in total. The first-order valence-electron chi connectivity index (χ1n) is 9.91. The summed E-state index contributed by atoms with van der Waals surface area (Å²) in [7, 11) is 0. The second-order valence-electron chi connectivity index (χ2n) is 7.53. The molecule has 1 aliphatic rings. The van der Waals surface area contributed by atoms with E-state index in [0.29, 0.717) is 17.4 Å². The molecule has 0 spiro atoms. The number of hydrogen-bond donors (Lipinski definition) is 1. The first-order chi connectivity index (χ1) is 14.1. The van der Waals surface area contributed by atoms with Crippen LogP contribution in [0, 0.1) is 11.7 Å². The predicted octanol–water partition coefficient (Wildman–Crippen LogP) is 4.63. The number of benzene rings is 2. The Labute approximate surface area is 169 Å². The molecule has 0 aliphatic carbocycles. The van der Waals surface area contributed by atoms with Gasteiger partial charge in [0.05, 0.1) is 0 Å². The van der Waals surface area contributed by atoms with Crippen LogP contribution in [-0.4, -0.2) is 30.6 Å². The molecule has 0 radical (unpaired) electrons. The van der Waals surface area contributed by atoms with Crippen molar-refractivity contribution in [1.29, 1.82) is 0 Å². The second-order valence-corrected chi connectivity index (χ2v) is 7.53. The number of fused-ring (bicyclic) bond motifs is 1. The number of hydrogen-bond acceptors (Lipinski definition) is 4. The summed E-state index contributed by atoms with van der Waals surface area (Å²) < 4.78 is 18.8. The monoisotopic (exact) mass is 393 g/mol. The highest BCUT2D eigenvalue weighted by Crippen LogP contribution is 2.28. The van der Waals surface area contributed by atoms with Gasteiger partial charge in [0.25, 0.3) is 5.91 Å². The molecular weight excluding hydrogens is 369 g/mol. The van der Waals surface area contributed by atoms with Crippen molar-refractivity contribution < 1.29 is 13.9 Å². The summed E-state index contributed by atoms with van der Waals surface area (Å²) in [6.45, 7) is 4.12. The number of ether oxygens (including phenoxy) is 1. The molecule has 6 heteroatoms. The van der Waals surface area contributed by atoms with Crippen LogP contribution in [-0.2, 0) is 4.79 Å². The number of pyridine rings is 1. The Morgan fingerprint density at radius 3 is 2.83 bits per heavy atom. The zero-order chi connectivity index (χ0) is 20.2. The molecular formula is C23H24FN3O2. The van der Waals surface area contributed by atoms with Gasteiger partial charge in [-0.3, -0.25) is 4.79 Å². The van der Waals surface area contributed by atoms with Crippen molar-refractivity contribution in [2.24, 2.45) is 5.92 Å². The molecule has 4 rings (SSSR count). The third-order valence-corrected chi connectivity index (χ3v) is 5.14. The quantitative estimate of drug-likeness (QED) is 0.687. The highest BCUT2D eigenvalue weighted by Gasteiger charge is 2.18. The number of carbonyl (C=O) groups is 1. The maximum Gasteiger partial charge on any atom is 0.262 e. The standard InChI is InChI=1S/C23H24FN3O2/c1-16-4-3-13-27(14-16)21-12-7-17-5-2-6-20(23(17)26-21)29-15-22(28)25-19-10-8-18(24)9-11-19/h2,5-12,16H,3-4,13-15H2,1H3,(H,25,28). The number of aromatic nitrogens is 1. The van der Waals surface area contributed by atoms with Crippen LogP contribution in [0.4, 0.5) is 15.9 Å². The van der Waals surface area contributed by atoms with Gasteiger partial charge in [-0.2, -0.15) is 0 Å². The van der Waals surface area contributed by atoms with Gasteiger partial charge in [0, 0.05) is 24.2 Å². The Hall–Kier alpha value is -3.15. The van der Waals surface area contributed by atoms with E-state index in [-0.39, 0.29) is 18.3 Å². The summed E-state index contributed by atoms with van der Waals surface area (Å²) in [6, 6.07) is 15.4. The Bertz CT molecular complexity index is 1010. The van der Waals surface area contributed by atoms with E-state index in [2.05, 4.69) is 17.1 Å². The summed E-state index contributed by atoms with van der Waals surface area (Å²) in [6.07, 6.45) is 2.42. The summed E-state index contributed by atoms with van der Waals surface area (Å²) in [4.78, 5) is 19.3. The van der Waals surface area contributed by atoms with Crippen molar-refractivity contribution in [3.05, 3.63) is 60.4 Å². The van der Waals surface area contributed by atoms with Crippen LogP contribution < -0.4 is 15.0 Å². The third kappa shape index (κ3) is 4.65. The molecule has 29 heavy (non-hydrogen) atoms. The second kappa shape index (κ2) is 8.47. The van der Waals surface area contributed by atoms with E-state index < -0.39 is 0 Å². The van der Waals surface area contributed by atoms with Gasteiger partial charge in [-0.1, -0.05) is 19.1 Å². The lowest BCUT2D eigenvalue weighted by molar-refractivity contribution is -0.118. The summed E-state index contributed by atoms with van der Waals surface area (Å²) in [5.41, 5.74) is 1.27. The van der Waals surface area contributed by atoms with Gasteiger partial charge in [0.15, 0.2) is 6.61 Å². The summed E-state index contributed by atoms with van der Waals surface area (Å²) >= 11 is 0. The maximum atomic E-state index is 13.0. The van der Waals surface area contributed by atoms with E-state index in [1.165, 1.54) is 37.1 Å². The molecule has 1 aromatic heterocycles. The van der Waals surface area contributed by atoms with E-state index in [4.69, 9.17) is 9.72 Å². The Balaban J connectivity index is 1.48. The Morgan fingerprint density at radius 1 is 1.21 bits per heavy atom. The van der Waals surface area contributed by atoms with E-state index in [1.807, 2.05) is 30.3 Å². The molecule has 1 fully saturated rings. The van der Waals surface area contributed by atoms with Crippen LogP contribution in [0.3, 0.4) is 0 Å². The number of rotatable bonds is 5. The largest absolute Gasteiger partial charge is 0.481 e. The molecule has 1 N–H and O–H groups in total. The Kier molecular flexibility index (Phi) is 5.60. The maximum absolute atomic E-state index is 13.0. The first kappa shape index (κ1) is 19.2. The fourth-order valence-corrected chi connectivity index (χ4v) is 3.67. The molecule has 2 heterocycles. The molecule has 1 unspecified atom stereocenters. The van der Waals surface area contributed by atoms with Crippen molar-refractivity contribution in [3.63, 3.8) is 0 Å². The molecule has 0 bridgehead atoms. The molecule has 1 aliphatic heterocycles. The Morgan fingerprint density at radius 2 is 2.03 bits per heavy atom. The van der Waals surface area contributed by atoms with Crippen LogP contribution >= 0.6 is 0 Å². The van der Waals surface area contributed by atoms with Crippen molar-refractivity contribution in [2.45, 2.75) is 19.8 Å². The van der Waals surface area contributed by atoms with Gasteiger partial charge in [-0.05, 0) is 61.2 Å². The van der Waals surface area contributed by atoms with Crippen molar-refractivity contribution in [1.82, 2.24) is 4.98 Å². The highest BCUT2D eigenvalue weighted by molar-refractivity contribution is 5.92. The van der Waals surface area contributed by atoms with Gasteiger partial charge >= 0.3 is 0 Å². The highest BCUT2D eigenvalue weighted by atomic mass is 19.1. The van der Waals surface area contributed by atoms with E-state index in [0.717, 1.165) is 29.8 Å². The van der Waals surface area contributed by atoms with Crippen LogP contribution in [0.5, 0.6) is 5.75 Å². The molecule has 1 atom stereocenters. The van der Waals surface area contributed by atoms with E-state index >= 15 is 0 Å². The fraction of sp³-hybridized carbons (Fsp3) is 0.304. The number of para-hydroxylation sites is 1. The van der Waals surface area contributed by atoms with Gasteiger partial charge < -0.3 is 15.0 Å². The molecule has 2 aromatic carbocycles. The smallest absolute Gasteiger partial charge is 0.262 e. The lowest BCUT2D eigenvalue weighted by atomic mass is 10.0. The number of nitrogens with one attached hydrogen (secondary N) is 1. The minimum atomic E-state index is -0.347. The zero-order valence-electron chi connectivity index (χ0n) is 16.4. The summed E-state index contributed by atoms with van der Waals surface area (Å²) in [5, 5.41) is 3.66. The van der Waals surface area contributed by atoms with Gasteiger partial charge in [-0.25, -0.2) is 9.37 Å². The molecule has 1 amide bonds. The van der Waals surface area contributed by atoms with Crippen molar-refractivity contribution in [3.8, 4) is 5.75 Å². The van der Waals surface area contributed by atoms with Gasteiger partial charge in [0.1, 0.15) is 22.9 Å². The third-order valence-electron chi connectivity index (χ3n) is 5.14. The van der Waals surface area contributed by atoms with E-state index in [1.54, 1.807) is 0 Å².